The zero-order valence-corrected chi connectivity index (χ0v) is 18.9. The van der Waals surface area contributed by atoms with Crippen molar-refractivity contribution in [3.05, 3.63) is 46.8 Å². The lowest BCUT2D eigenvalue weighted by atomic mass is 9.94. The fraction of sp³-hybridized carbons (Fsp3) is 0.429. The van der Waals surface area contributed by atoms with Gasteiger partial charge in [-0.05, 0) is 47.9 Å². The number of rotatable bonds is 7. The number of hydrogen-bond donors (Lipinski definition) is 2. The lowest BCUT2D eigenvalue weighted by Crippen LogP contribution is -2.34. The molecule has 3 N–H and O–H groups in total. The Morgan fingerprint density at radius 2 is 1.97 bits per heavy atom. The number of aromatic nitrogens is 5. The van der Waals surface area contributed by atoms with Gasteiger partial charge in [-0.25, -0.2) is 10.1 Å². The van der Waals surface area contributed by atoms with E-state index in [1.165, 1.54) is 29.4 Å². The number of alkyl halides is 3. The van der Waals surface area contributed by atoms with E-state index in [1.54, 1.807) is 0 Å². The SMILES string of the molecule is CN(Cc1c(C(=O)NN=Cc2ccc(C(F)(F)F)cc2)nnn1-c1nonc1N)C1CCCCC1. The molecule has 35 heavy (non-hydrogen) atoms. The van der Waals surface area contributed by atoms with E-state index < -0.39 is 17.6 Å². The van der Waals surface area contributed by atoms with Gasteiger partial charge in [-0.15, -0.1) is 5.10 Å². The van der Waals surface area contributed by atoms with Crippen LogP contribution in [-0.2, 0) is 12.7 Å². The molecule has 2 heterocycles. The maximum absolute atomic E-state index is 12.9. The van der Waals surface area contributed by atoms with Gasteiger partial charge in [0.15, 0.2) is 5.69 Å². The third-order valence-electron chi connectivity index (χ3n) is 5.89. The van der Waals surface area contributed by atoms with Crippen LogP contribution in [0, 0.1) is 0 Å². The molecule has 1 amide bonds. The van der Waals surface area contributed by atoms with Crippen molar-refractivity contribution < 1.29 is 22.6 Å². The van der Waals surface area contributed by atoms with Crippen LogP contribution in [0.2, 0.25) is 0 Å². The maximum atomic E-state index is 12.9. The van der Waals surface area contributed by atoms with E-state index in [4.69, 9.17) is 5.73 Å². The van der Waals surface area contributed by atoms with Gasteiger partial charge in [0.2, 0.25) is 11.6 Å². The molecule has 1 aliphatic rings. The number of carbonyl (C=O) groups is 1. The average molecular weight is 491 g/mol. The summed E-state index contributed by atoms with van der Waals surface area (Å²) in [4.78, 5) is 15.0. The predicted molar refractivity (Wildman–Crippen MR) is 118 cm³/mol. The first-order valence-corrected chi connectivity index (χ1v) is 11.0. The normalized spacial score (nSPS) is 15.2. The van der Waals surface area contributed by atoms with Crippen LogP contribution in [0.25, 0.3) is 5.82 Å². The average Bonchev–Trinajstić information content (AvgIpc) is 3.45. The van der Waals surface area contributed by atoms with Gasteiger partial charge in [0.1, 0.15) is 0 Å². The largest absolute Gasteiger partial charge is 0.416 e. The molecular weight excluding hydrogens is 467 g/mol. The topological polar surface area (TPSA) is 140 Å². The first kappa shape index (κ1) is 24.3. The molecule has 1 aromatic carbocycles. The molecule has 0 saturated heterocycles. The van der Waals surface area contributed by atoms with Crippen LogP contribution in [0.4, 0.5) is 19.0 Å². The molecular formula is C21H24F3N9O2. The van der Waals surface area contributed by atoms with Gasteiger partial charge in [0, 0.05) is 12.6 Å². The summed E-state index contributed by atoms with van der Waals surface area (Å²) in [7, 11) is 1.96. The van der Waals surface area contributed by atoms with Gasteiger partial charge >= 0.3 is 6.18 Å². The molecule has 11 nitrogen and oxygen atoms in total. The zero-order chi connectivity index (χ0) is 25.0. The number of hydrazone groups is 1. The standard InChI is InChI=1S/C21H24F3N9O2/c1-32(15-5-3-2-4-6-15)12-16-17(27-31-33(16)19-18(25)29-35-30-19)20(34)28-26-11-13-7-9-14(10-8-13)21(22,23)24/h7-11,15H,2-6,12H2,1H3,(H2,25,29)(H,28,34). The Hall–Kier alpha value is -3.81. The van der Waals surface area contributed by atoms with E-state index >= 15 is 0 Å². The van der Waals surface area contributed by atoms with Gasteiger partial charge in [0.05, 0.1) is 17.5 Å². The fourth-order valence-electron chi connectivity index (χ4n) is 3.99. The molecule has 186 valence electrons. The Balaban J connectivity index is 1.52. The van der Waals surface area contributed by atoms with Crippen molar-refractivity contribution in [2.45, 2.75) is 50.9 Å². The van der Waals surface area contributed by atoms with Crippen LogP contribution in [0.3, 0.4) is 0 Å². The highest BCUT2D eigenvalue weighted by atomic mass is 19.4. The minimum Gasteiger partial charge on any atom is -0.378 e. The number of nitrogens with two attached hydrogens (primary N) is 1. The van der Waals surface area contributed by atoms with Crippen molar-refractivity contribution in [2.75, 3.05) is 12.8 Å². The van der Waals surface area contributed by atoms with Crippen molar-refractivity contribution in [1.82, 2.24) is 35.6 Å². The highest BCUT2D eigenvalue weighted by Crippen LogP contribution is 2.29. The summed E-state index contributed by atoms with van der Waals surface area (Å²) in [6.07, 6.45) is 2.37. The van der Waals surface area contributed by atoms with E-state index in [0.717, 1.165) is 37.8 Å². The lowest BCUT2D eigenvalue weighted by molar-refractivity contribution is -0.137. The quantitative estimate of drug-likeness (QED) is 0.380. The minimum atomic E-state index is -4.43. The highest BCUT2D eigenvalue weighted by molar-refractivity contribution is 5.94. The predicted octanol–water partition coefficient (Wildman–Crippen LogP) is 2.78. The van der Waals surface area contributed by atoms with E-state index in [9.17, 15) is 18.0 Å². The summed E-state index contributed by atoms with van der Waals surface area (Å²) in [5.41, 5.74) is 8.18. The minimum absolute atomic E-state index is 0.000344. The second-order valence-electron chi connectivity index (χ2n) is 8.30. The number of amides is 1. The lowest BCUT2D eigenvalue weighted by Gasteiger charge is -2.31. The first-order chi connectivity index (χ1) is 16.7. The number of nitrogens with zero attached hydrogens (tertiary/aromatic N) is 7. The van der Waals surface area contributed by atoms with Gasteiger partial charge in [0.25, 0.3) is 5.91 Å². The summed E-state index contributed by atoms with van der Waals surface area (Å²) in [5.74, 6) is -0.554. The summed E-state index contributed by atoms with van der Waals surface area (Å²) >= 11 is 0. The molecule has 1 aliphatic carbocycles. The Labute approximate surface area is 198 Å². The fourth-order valence-corrected chi connectivity index (χ4v) is 3.99. The van der Waals surface area contributed by atoms with Gasteiger partial charge < -0.3 is 5.73 Å². The number of carbonyl (C=O) groups excluding carboxylic acids is 1. The number of hydrogen-bond acceptors (Lipinski definition) is 9. The van der Waals surface area contributed by atoms with Crippen LogP contribution in [0.1, 0.15) is 59.4 Å². The third kappa shape index (κ3) is 5.65. The smallest absolute Gasteiger partial charge is 0.378 e. The van der Waals surface area contributed by atoms with Crippen LogP contribution in [0.15, 0.2) is 34.0 Å². The summed E-state index contributed by atoms with van der Waals surface area (Å²) in [6, 6.07) is 4.71. The van der Waals surface area contributed by atoms with Crippen molar-refractivity contribution in [1.29, 1.82) is 0 Å². The zero-order valence-electron chi connectivity index (χ0n) is 18.9. The Morgan fingerprint density at radius 1 is 1.26 bits per heavy atom. The second kappa shape index (κ2) is 10.2. The molecule has 2 aromatic heterocycles. The van der Waals surface area contributed by atoms with Crippen molar-refractivity contribution in [3.63, 3.8) is 0 Å². The van der Waals surface area contributed by atoms with Gasteiger partial charge in [-0.1, -0.05) is 36.6 Å². The molecule has 3 aromatic rings. The molecule has 0 unspecified atom stereocenters. The monoisotopic (exact) mass is 491 g/mol. The number of nitrogen functional groups attached to an aromatic ring is 1. The van der Waals surface area contributed by atoms with Gasteiger partial charge in [-0.3, -0.25) is 9.69 Å². The summed E-state index contributed by atoms with van der Waals surface area (Å²) in [5, 5.41) is 19.2. The van der Waals surface area contributed by atoms with E-state index in [-0.39, 0.29) is 17.3 Å². The molecule has 0 radical (unpaired) electrons. The van der Waals surface area contributed by atoms with E-state index in [0.29, 0.717) is 23.8 Å². The van der Waals surface area contributed by atoms with Gasteiger partial charge in [-0.2, -0.15) is 23.0 Å². The van der Waals surface area contributed by atoms with Crippen molar-refractivity contribution in [2.24, 2.45) is 5.10 Å². The molecule has 0 spiro atoms. The number of nitrogens with one attached hydrogen (secondary N) is 1. The van der Waals surface area contributed by atoms with Crippen LogP contribution >= 0.6 is 0 Å². The molecule has 0 atom stereocenters. The highest BCUT2D eigenvalue weighted by Gasteiger charge is 2.30. The Morgan fingerprint density at radius 3 is 2.60 bits per heavy atom. The number of anilines is 1. The van der Waals surface area contributed by atoms with Crippen molar-refractivity contribution >= 4 is 17.9 Å². The molecule has 14 heteroatoms. The third-order valence-corrected chi connectivity index (χ3v) is 5.89. The molecule has 0 aliphatic heterocycles. The van der Waals surface area contributed by atoms with E-state index in [1.807, 2.05) is 7.05 Å². The van der Waals surface area contributed by atoms with E-state index in [2.05, 4.69) is 40.7 Å². The Kier molecular flexibility index (Phi) is 7.10. The molecule has 1 saturated carbocycles. The first-order valence-electron chi connectivity index (χ1n) is 11.0. The number of benzene rings is 1. The van der Waals surface area contributed by atoms with Crippen molar-refractivity contribution in [3.8, 4) is 5.82 Å². The van der Waals surface area contributed by atoms with Crippen LogP contribution in [0.5, 0.6) is 0 Å². The molecule has 0 bridgehead atoms. The summed E-state index contributed by atoms with van der Waals surface area (Å²) in [6.45, 7) is 0.329. The van der Waals surface area contributed by atoms with Crippen LogP contribution < -0.4 is 11.2 Å². The number of halogens is 3. The summed E-state index contributed by atoms with van der Waals surface area (Å²) < 4.78 is 44.1. The second-order valence-corrected chi connectivity index (χ2v) is 8.30. The van der Waals surface area contributed by atoms with Crippen LogP contribution in [-0.4, -0.2) is 55.4 Å². The Bertz CT molecular complexity index is 1180. The molecule has 4 rings (SSSR count). The maximum Gasteiger partial charge on any atom is 0.416 e. The molecule has 1 fully saturated rings.